The fourth-order valence-corrected chi connectivity index (χ4v) is 3.33. The summed E-state index contributed by atoms with van der Waals surface area (Å²) >= 11 is 0. The minimum absolute atomic E-state index is 0.257. The molecule has 2 heterocycles. The number of hydrogen-bond donors (Lipinski definition) is 0. The van der Waals surface area contributed by atoms with Crippen LogP contribution in [0.1, 0.15) is 43.7 Å². The minimum Gasteiger partial charge on any atom is -0.494 e. The lowest BCUT2D eigenvalue weighted by Gasteiger charge is -2.33. The molecule has 134 valence electrons. The van der Waals surface area contributed by atoms with Gasteiger partial charge in [0.2, 0.25) is 5.91 Å². The van der Waals surface area contributed by atoms with Crippen LogP contribution in [0.25, 0.3) is 0 Å². The van der Waals surface area contributed by atoms with E-state index in [9.17, 15) is 4.79 Å². The molecule has 0 bridgehead atoms. The number of hydrogen-bond acceptors (Lipinski definition) is 3. The third-order valence-electron chi connectivity index (χ3n) is 4.69. The first kappa shape index (κ1) is 17.5. The van der Waals surface area contributed by atoms with E-state index < -0.39 is 0 Å². The molecule has 1 saturated heterocycles. The summed E-state index contributed by atoms with van der Waals surface area (Å²) in [6.45, 7) is 4.37. The van der Waals surface area contributed by atoms with Crippen molar-refractivity contribution in [3.8, 4) is 5.75 Å². The molecule has 1 atom stereocenters. The third kappa shape index (κ3) is 5.08. The van der Waals surface area contributed by atoms with E-state index in [0.29, 0.717) is 19.1 Å². The molecule has 0 unspecified atom stereocenters. The summed E-state index contributed by atoms with van der Waals surface area (Å²) in [5, 5.41) is 4.32. The maximum absolute atomic E-state index is 12.4. The van der Waals surface area contributed by atoms with Gasteiger partial charge in [-0.25, -0.2) is 0 Å². The number of benzene rings is 1. The molecule has 5 nitrogen and oxygen atoms in total. The van der Waals surface area contributed by atoms with E-state index in [2.05, 4.69) is 18.1 Å². The van der Waals surface area contributed by atoms with E-state index in [0.717, 1.165) is 44.5 Å². The van der Waals surface area contributed by atoms with Crippen molar-refractivity contribution in [1.29, 1.82) is 0 Å². The normalized spacial score (nSPS) is 17.5. The lowest BCUT2D eigenvalue weighted by Crippen LogP contribution is -2.40. The van der Waals surface area contributed by atoms with Gasteiger partial charge in [0, 0.05) is 31.9 Å². The van der Waals surface area contributed by atoms with Crippen LogP contribution in [-0.4, -0.2) is 40.3 Å². The number of likely N-dealkylation sites (tertiary alicyclic amines) is 1. The fraction of sp³-hybridized carbons (Fsp3) is 0.500. The average Bonchev–Trinajstić information content (AvgIpc) is 3.16. The Hall–Kier alpha value is -2.30. The van der Waals surface area contributed by atoms with Gasteiger partial charge in [-0.15, -0.1) is 0 Å². The summed E-state index contributed by atoms with van der Waals surface area (Å²) in [6, 6.07) is 10.3. The van der Waals surface area contributed by atoms with Crippen LogP contribution in [0.15, 0.2) is 42.7 Å². The SMILES string of the molecule is Cc1cccc(OCCCCC(=O)N2CCC[C@@H](n3cccn3)C2)c1. The highest BCUT2D eigenvalue weighted by Gasteiger charge is 2.24. The molecule has 1 fully saturated rings. The number of aromatic nitrogens is 2. The van der Waals surface area contributed by atoms with Crippen molar-refractivity contribution < 1.29 is 9.53 Å². The summed E-state index contributed by atoms with van der Waals surface area (Å²) < 4.78 is 7.72. The Morgan fingerprint density at radius 3 is 3.04 bits per heavy atom. The van der Waals surface area contributed by atoms with E-state index >= 15 is 0 Å². The van der Waals surface area contributed by atoms with Gasteiger partial charge in [-0.2, -0.15) is 5.10 Å². The van der Waals surface area contributed by atoms with Crippen LogP contribution >= 0.6 is 0 Å². The van der Waals surface area contributed by atoms with Gasteiger partial charge < -0.3 is 9.64 Å². The monoisotopic (exact) mass is 341 g/mol. The highest BCUT2D eigenvalue weighted by atomic mass is 16.5. The van der Waals surface area contributed by atoms with Crippen molar-refractivity contribution in [3.63, 3.8) is 0 Å². The molecule has 25 heavy (non-hydrogen) atoms. The number of rotatable bonds is 7. The Balaban J connectivity index is 1.36. The van der Waals surface area contributed by atoms with Crippen molar-refractivity contribution in [2.45, 2.75) is 45.1 Å². The van der Waals surface area contributed by atoms with Crippen LogP contribution in [0, 0.1) is 6.92 Å². The van der Waals surface area contributed by atoms with E-state index in [4.69, 9.17) is 4.74 Å². The molecule has 1 aromatic carbocycles. The number of unbranched alkanes of at least 4 members (excludes halogenated alkanes) is 1. The summed E-state index contributed by atoms with van der Waals surface area (Å²) in [7, 11) is 0. The first-order chi connectivity index (χ1) is 12.2. The van der Waals surface area contributed by atoms with Crippen LogP contribution in [0.4, 0.5) is 0 Å². The predicted octanol–water partition coefficient (Wildman–Crippen LogP) is 3.60. The first-order valence-corrected chi connectivity index (χ1v) is 9.19. The van der Waals surface area contributed by atoms with E-state index in [-0.39, 0.29) is 5.91 Å². The number of nitrogens with zero attached hydrogens (tertiary/aromatic N) is 3. The molecule has 3 rings (SSSR count). The van der Waals surface area contributed by atoms with Gasteiger partial charge in [-0.05, 0) is 56.4 Å². The summed E-state index contributed by atoms with van der Waals surface area (Å²) in [5.74, 6) is 1.16. The van der Waals surface area contributed by atoms with Gasteiger partial charge in [-0.1, -0.05) is 12.1 Å². The molecular weight excluding hydrogens is 314 g/mol. The number of carbonyl (C=O) groups is 1. The average molecular weight is 341 g/mol. The van der Waals surface area contributed by atoms with E-state index in [1.807, 2.05) is 40.0 Å². The molecule has 1 aliphatic heterocycles. The second kappa shape index (κ2) is 8.70. The van der Waals surface area contributed by atoms with Crippen molar-refractivity contribution in [1.82, 2.24) is 14.7 Å². The summed E-state index contributed by atoms with van der Waals surface area (Å²) in [6.07, 6.45) is 8.30. The Morgan fingerprint density at radius 1 is 1.32 bits per heavy atom. The van der Waals surface area contributed by atoms with Gasteiger partial charge in [0.1, 0.15) is 5.75 Å². The van der Waals surface area contributed by atoms with Crippen molar-refractivity contribution in [2.75, 3.05) is 19.7 Å². The molecule has 5 heteroatoms. The van der Waals surface area contributed by atoms with Crippen molar-refractivity contribution in [3.05, 3.63) is 48.3 Å². The Bertz CT molecular complexity index is 669. The second-order valence-electron chi connectivity index (χ2n) is 6.74. The molecule has 0 spiro atoms. The Morgan fingerprint density at radius 2 is 2.24 bits per heavy atom. The lowest BCUT2D eigenvalue weighted by molar-refractivity contribution is -0.133. The third-order valence-corrected chi connectivity index (χ3v) is 4.69. The molecule has 2 aromatic rings. The van der Waals surface area contributed by atoms with Crippen LogP contribution in [0.2, 0.25) is 0 Å². The van der Waals surface area contributed by atoms with Gasteiger partial charge in [0.05, 0.1) is 12.6 Å². The smallest absolute Gasteiger partial charge is 0.222 e. The van der Waals surface area contributed by atoms with E-state index in [1.54, 1.807) is 6.20 Å². The minimum atomic E-state index is 0.257. The quantitative estimate of drug-likeness (QED) is 0.723. The van der Waals surface area contributed by atoms with Gasteiger partial charge in [-0.3, -0.25) is 9.48 Å². The number of piperidine rings is 1. The summed E-state index contributed by atoms with van der Waals surface area (Å²) in [4.78, 5) is 14.4. The maximum Gasteiger partial charge on any atom is 0.222 e. The zero-order valence-electron chi connectivity index (χ0n) is 14.9. The van der Waals surface area contributed by atoms with Gasteiger partial charge >= 0.3 is 0 Å². The zero-order valence-corrected chi connectivity index (χ0v) is 14.9. The van der Waals surface area contributed by atoms with Crippen molar-refractivity contribution >= 4 is 5.91 Å². The van der Waals surface area contributed by atoms with Crippen LogP contribution in [-0.2, 0) is 4.79 Å². The standard InChI is InChI=1S/C20H27N3O2/c1-17-7-4-9-19(15-17)25-14-3-2-10-20(24)22-12-5-8-18(16-22)23-13-6-11-21-23/h4,6-7,9,11,13,15,18H,2-3,5,8,10,12,14,16H2,1H3/t18-/m1/s1. The van der Waals surface area contributed by atoms with Crippen LogP contribution < -0.4 is 4.74 Å². The molecule has 0 radical (unpaired) electrons. The molecule has 0 N–H and O–H groups in total. The molecule has 1 amide bonds. The highest BCUT2D eigenvalue weighted by molar-refractivity contribution is 5.76. The number of carbonyl (C=O) groups excluding carboxylic acids is 1. The van der Waals surface area contributed by atoms with Gasteiger partial charge in [0.25, 0.3) is 0 Å². The number of aryl methyl sites for hydroxylation is 1. The first-order valence-electron chi connectivity index (χ1n) is 9.19. The largest absolute Gasteiger partial charge is 0.494 e. The van der Waals surface area contributed by atoms with Crippen LogP contribution in [0.5, 0.6) is 5.75 Å². The second-order valence-corrected chi connectivity index (χ2v) is 6.74. The summed E-state index contributed by atoms with van der Waals surface area (Å²) in [5.41, 5.74) is 1.20. The van der Waals surface area contributed by atoms with Crippen LogP contribution in [0.3, 0.4) is 0 Å². The Labute approximate surface area is 149 Å². The molecule has 0 aliphatic carbocycles. The number of amides is 1. The Kier molecular flexibility index (Phi) is 6.09. The molecule has 0 saturated carbocycles. The fourth-order valence-electron chi connectivity index (χ4n) is 3.33. The lowest BCUT2D eigenvalue weighted by atomic mass is 10.1. The highest BCUT2D eigenvalue weighted by Crippen LogP contribution is 2.21. The zero-order chi connectivity index (χ0) is 17.5. The number of ether oxygens (including phenoxy) is 1. The molecular formula is C20H27N3O2. The van der Waals surface area contributed by atoms with Gasteiger partial charge in [0.15, 0.2) is 0 Å². The maximum atomic E-state index is 12.4. The topological polar surface area (TPSA) is 47.4 Å². The molecule has 1 aromatic heterocycles. The van der Waals surface area contributed by atoms with Crippen molar-refractivity contribution in [2.24, 2.45) is 0 Å². The molecule has 1 aliphatic rings. The predicted molar refractivity (Wildman–Crippen MR) is 97.6 cm³/mol. The van der Waals surface area contributed by atoms with E-state index in [1.165, 1.54) is 5.56 Å².